The Balaban J connectivity index is 2.29. The van der Waals surface area contributed by atoms with Crippen molar-refractivity contribution in [2.24, 2.45) is 5.73 Å². The first kappa shape index (κ1) is 11.8. The molecular formula is C12H16N2S2. The van der Waals surface area contributed by atoms with E-state index >= 15 is 0 Å². The first-order chi connectivity index (χ1) is 7.46. The van der Waals surface area contributed by atoms with Crippen molar-refractivity contribution in [1.29, 1.82) is 0 Å². The van der Waals surface area contributed by atoms with Crippen LogP contribution in [0.3, 0.4) is 0 Å². The van der Waals surface area contributed by atoms with Crippen molar-refractivity contribution in [1.82, 2.24) is 4.98 Å². The van der Waals surface area contributed by atoms with E-state index in [2.05, 4.69) is 43.3 Å². The third kappa shape index (κ3) is 2.70. The lowest BCUT2D eigenvalue weighted by atomic mass is 10.0. The normalized spacial score (nSPS) is 12.0. The van der Waals surface area contributed by atoms with Crippen LogP contribution >= 0.6 is 22.7 Å². The second-order valence-corrected chi connectivity index (χ2v) is 6.70. The Labute approximate surface area is 104 Å². The maximum atomic E-state index is 6.05. The maximum Gasteiger partial charge on any atom is 0.133 e. The number of hydrogen-bond acceptors (Lipinski definition) is 4. The van der Waals surface area contributed by atoms with Crippen molar-refractivity contribution in [2.75, 3.05) is 0 Å². The smallest absolute Gasteiger partial charge is 0.133 e. The van der Waals surface area contributed by atoms with E-state index in [9.17, 15) is 0 Å². The number of hydrogen-bond donors (Lipinski definition) is 1. The number of rotatable bonds is 3. The van der Waals surface area contributed by atoms with Gasteiger partial charge in [-0.15, -0.1) is 22.7 Å². The summed E-state index contributed by atoms with van der Waals surface area (Å²) in [6, 6.07) is 4.17. The van der Waals surface area contributed by atoms with Crippen molar-refractivity contribution in [2.45, 2.75) is 32.7 Å². The minimum atomic E-state index is -0.163. The Hall–Kier alpha value is -0.710. The van der Waals surface area contributed by atoms with Crippen LogP contribution in [-0.4, -0.2) is 10.5 Å². The van der Waals surface area contributed by atoms with Gasteiger partial charge in [-0.05, 0) is 32.2 Å². The Kier molecular flexibility index (Phi) is 3.15. The third-order valence-corrected chi connectivity index (χ3v) is 4.44. The molecule has 0 aliphatic rings. The van der Waals surface area contributed by atoms with E-state index in [4.69, 9.17) is 5.73 Å². The topological polar surface area (TPSA) is 38.9 Å². The van der Waals surface area contributed by atoms with Crippen LogP contribution in [0.4, 0.5) is 0 Å². The van der Waals surface area contributed by atoms with Gasteiger partial charge in [-0.3, -0.25) is 0 Å². The van der Waals surface area contributed by atoms with E-state index in [1.807, 2.05) is 0 Å². The summed E-state index contributed by atoms with van der Waals surface area (Å²) < 4.78 is 0. The molecule has 0 amide bonds. The molecule has 0 fully saturated rings. The predicted molar refractivity (Wildman–Crippen MR) is 72.1 cm³/mol. The van der Waals surface area contributed by atoms with E-state index in [-0.39, 0.29) is 5.54 Å². The van der Waals surface area contributed by atoms with Gasteiger partial charge in [-0.1, -0.05) is 6.07 Å². The standard InChI is InChI=1S/C12H16N2S2/c1-8-10(7-12(2,3)13)16-11(14-8)9-5-4-6-15-9/h4-6H,7,13H2,1-3H3. The average molecular weight is 252 g/mol. The minimum Gasteiger partial charge on any atom is -0.325 e. The molecule has 2 nitrogen and oxygen atoms in total. The summed E-state index contributed by atoms with van der Waals surface area (Å²) in [5, 5.41) is 3.20. The summed E-state index contributed by atoms with van der Waals surface area (Å²) in [4.78, 5) is 7.16. The fourth-order valence-corrected chi connectivity index (χ4v) is 3.61. The Morgan fingerprint density at radius 3 is 2.75 bits per heavy atom. The van der Waals surface area contributed by atoms with E-state index < -0.39 is 0 Å². The number of thiazole rings is 1. The quantitative estimate of drug-likeness (QED) is 0.908. The zero-order chi connectivity index (χ0) is 11.8. The molecule has 2 N–H and O–H groups in total. The number of nitrogens with two attached hydrogens (primary N) is 1. The highest BCUT2D eigenvalue weighted by Crippen LogP contribution is 2.32. The molecule has 0 saturated heterocycles. The Morgan fingerprint density at radius 2 is 2.19 bits per heavy atom. The van der Waals surface area contributed by atoms with Crippen LogP contribution in [0.15, 0.2) is 17.5 Å². The van der Waals surface area contributed by atoms with Crippen molar-refractivity contribution >= 4 is 22.7 Å². The first-order valence-electron chi connectivity index (χ1n) is 5.25. The monoisotopic (exact) mass is 252 g/mol. The van der Waals surface area contributed by atoms with Gasteiger partial charge < -0.3 is 5.73 Å². The fraction of sp³-hybridized carbons (Fsp3) is 0.417. The van der Waals surface area contributed by atoms with Gasteiger partial charge in [-0.2, -0.15) is 0 Å². The molecule has 0 saturated carbocycles. The van der Waals surface area contributed by atoms with Gasteiger partial charge in [0.1, 0.15) is 5.01 Å². The van der Waals surface area contributed by atoms with Crippen LogP contribution in [0.25, 0.3) is 9.88 Å². The van der Waals surface area contributed by atoms with Crippen molar-refractivity contribution < 1.29 is 0 Å². The van der Waals surface area contributed by atoms with Gasteiger partial charge in [-0.25, -0.2) is 4.98 Å². The van der Waals surface area contributed by atoms with Crippen molar-refractivity contribution in [3.05, 3.63) is 28.1 Å². The summed E-state index contributed by atoms with van der Waals surface area (Å²) in [5.74, 6) is 0. The highest BCUT2D eigenvalue weighted by atomic mass is 32.1. The summed E-state index contributed by atoms with van der Waals surface area (Å²) in [7, 11) is 0. The molecule has 4 heteroatoms. The SMILES string of the molecule is Cc1nc(-c2cccs2)sc1CC(C)(C)N. The molecule has 0 aliphatic carbocycles. The molecule has 86 valence electrons. The van der Waals surface area contributed by atoms with Crippen LogP contribution in [0.1, 0.15) is 24.4 Å². The lowest BCUT2D eigenvalue weighted by Crippen LogP contribution is -2.34. The summed E-state index contributed by atoms with van der Waals surface area (Å²) in [6.45, 7) is 6.17. The molecule has 0 atom stereocenters. The van der Waals surface area contributed by atoms with Gasteiger partial charge in [0.15, 0.2) is 0 Å². The lowest BCUT2D eigenvalue weighted by molar-refractivity contribution is 0.519. The molecule has 0 unspecified atom stereocenters. The van der Waals surface area contributed by atoms with Crippen LogP contribution < -0.4 is 5.73 Å². The summed E-state index contributed by atoms with van der Waals surface area (Å²) >= 11 is 3.50. The van der Waals surface area contributed by atoms with E-state index in [1.54, 1.807) is 22.7 Å². The molecule has 2 aromatic rings. The van der Waals surface area contributed by atoms with Crippen LogP contribution in [0.5, 0.6) is 0 Å². The molecule has 0 spiro atoms. The largest absolute Gasteiger partial charge is 0.325 e. The molecule has 16 heavy (non-hydrogen) atoms. The van der Waals surface area contributed by atoms with Gasteiger partial charge in [0.05, 0.1) is 10.6 Å². The first-order valence-corrected chi connectivity index (χ1v) is 6.94. The number of aromatic nitrogens is 1. The second kappa shape index (κ2) is 4.28. The number of thiophene rings is 1. The van der Waals surface area contributed by atoms with E-state index in [0.29, 0.717) is 0 Å². The summed E-state index contributed by atoms with van der Waals surface area (Å²) in [5.41, 5.74) is 7.00. The van der Waals surface area contributed by atoms with Crippen LogP contribution in [0.2, 0.25) is 0 Å². The number of nitrogens with zero attached hydrogens (tertiary/aromatic N) is 1. The molecule has 0 bridgehead atoms. The third-order valence-electron chi connectivity index (χ3n) is 2.24. The van der Waals surface area contributed by atoms with E-state index in [1.165, 1.54) is 9.75 Å². The molecule has 2 rings (SSSR count). The van der Waals surface area contributed by atoms with Crippen molar-refractivity contribution in [3.63, 3.8) is 0 Å². The highest BCUT2D eigenvalue weighted by molar-refractivity contribution is 7.21. The average Bonchev–Trinajstić information content (AvgIpc) is 2.73. The van der Waals surface area contributed by atoms with E-state index in [0.717, 1.165) is 17.1 Å². The predicted octanol–water partition coefficient (Wildman–Crippen LogP) is 3.46. The Bertz CT molecular complexity index is 464. The molecular weight excluding hydrogens is 236 g/mol. The lowest BCUT2D eigenvalue weighted by Gasteiger charge is -2.16. The Morgan fingerprint density at radius 1 is 1.44 bits per heavy atom. The zero-order valence-corrected chi connectivity index (χ0v) is 11.4. The van der Waals surface area contributed by atoms with Crippen LogP contribution in [0, 0.1) is 6.92 Å². The molecule has 2 aromatic heterocycles. The number of aryl methyl sites for hydroxylation is 1. The molecule has 0 radical (unpaired) electrons. The van der Waals surface area contributed by atoms with Crippen LogP contribution in [-0.2, 0) is 6.42 Å². The maximum absolute atomic E-state index is 6.05. The fourth-order valence-electron chi connectivity index (χ4n) is 1.51. The van der Waals surface area contributed by atoms with Gasteiger partial charge in [0.2, 0.25) is 0 Å². The summed E-state index contributed by atoms with van der Waals surface area (Å²) in [6.07, 6.45) is 0.891. The van der Waals surface area contributed by atoms with Gasteiger partial charge >= 0.3 is 0 Å². The van der Waals surface area contributed by atoms with Gasteiger partial charge in [0.25, 0.3) is 0 Å². The highest BCUT2D eigenvalue weighted by Gasteiger charge is 2.17. The second-order valence-electron chi connectivity index (χ2n) is 4.67. The molecule has 2 heterocycles. The minimum absolute atomic E-state index is 0.163. The molecule has 0 aromatic carbocycles. The van der Waals surface area contributed by atoms with Gasteiger partial charge in [0, 0.05) is 16.8 Å². The zero-order valence-electron chi connectivity index (χ0n) is 9.78. The molecule has 0 aliphatic heterocycles. The van der Waals surface area contributed by atoms with Crippen molar-refractivity contribution in [3.8, 4) is 9.88 Å².